The molecule has 3 heterocycles. The van der Waals surface area contributed by atoms with Gasteiger partial charge in [-0.25, -0.2) is 4.98 Å². The lowest BCUT2D eigenvalue weighted by atomic mass is 9.76. The molecule has 0 unspecified atom stereocenters. The molecule has 0 radical (unpaired) electrons. The fourth-order valence-electron chi connectivity index (χ4n) is 5.19. The number of imidazole rings is 1. The highest BCUT2D eigenvalue weighted by atomic mass is 16.2. The van der Waals surface area contributed by atoms with Gasteiger partial charge in [-0.2, -0.15) is 0 Å². The van der Waals surface area contributed by atoms with E-state index in [0.29, 0.717) is 5.91 Å². The maximum atomic E-state index is 13.3. The molecule has 2 aliphatic heterocycles. The molecule has 2 fully saturated rings. The van der Waals surface area contributed by atoms with Gasteiger partial charge in [0.15, 0.2) is 0 Å². The summed E-state index contributed by atoms with van der Waals surface area (Å²) in [7, 11) is 0. The number of amides is 1. The van der Waals surface area contributed by atoms with E-state index >= 15 is 0 Å². The highest BCUT2D eigenvalue weighted by Gasteiger charge is 2.49. The van der Waals surface area contributed by atoms with Crippen LogP contribution in [0.5, 0.6) is 0 Å². The van der Waals surface area contributed by atoms with Gasteiger partial charge in [-0.3, -0.25) is 9.69 Å². The van der Waals surface area contributed by atoms with Crippen molar-refractivity contribution in [3.05, 3.63) is 59.7 Å². The molecule has 0 bridgehead atoms. The molecule has 3 aliphatic rings. The smallest absolute Gasteiger partial charge is 0.226 e. The van der Waals surface area contributed by atoms with E-state index in [0.717, 1.165) is 64.0 Å². The van der Waals surface area contributed by atoms with Crippen LogP contribution in [0.1, 0.15) is 49.1 Å². The first kappa shape index (κ1) is 18.6. The van der Waals surface area contributed by atoms with Crippen LogP contribution in [0.2, 0.25) is 0 Å². The second-order valence-electron chi connectivity index (χ2n) is 8.74. The predicted octanol–water partition coefficient (Wildman–Crippen LogP) is 3.60. The SMILES string of the molecule is O=C(C1CCC1)N1CCc2[nH]cnc2C12CCN(C/C=C/c1ccccc1)CC2. The predicted molar refractivity (Wildman–Crippen MR) is 114 cm³/mol. The summed E-state index contributed by atoms with van der Waals surface area (Å²) in [6.45, 7) is 3.78. The zero-order chi connectivity index (χ0) is 19.7. The van der Waals surface area contributed by atoms with Crippen molar-refractivity contribution in [2.75, 3.05) is 26.2 Å². The molecule has 1 aromatic carbocycles. The fourth-order valence-corrected chi connectivity index (χ4v) is 5.19. The Morgan fingerprint density at radius 3 is 2.69 bits per heavy atom. The number of aromatic amines is 1. The van der Waals surface area contributed by atoms with Crippen LogP contribution in [0, 0.1) is 5.92 Å². The Morgan fingerprint density at radius 2 is 1.97 bits per heavy atom. The molecule has 1 saturated heterocycles. The fraction of sp³-hybridized carbons (Fsp3) is 0.500. The number of nitrogens with zero attached hydrogens (tertiary/aromatic N) is 3. The van der Waals surface area contributed by atoms with Crippen molar-refractivity contribution in [1.29, 1.82) is 0 Å². The van der Waals surface area contributed by atoms with Crippen LogP contribution in [0.25, 0.3) is 6.08 Å². The molecule has 1 amide bonds. The minimum atomic E-state index is -0.208. The highest BCUT2D eigenvalue weighted by Crippen LogP contribution is 2.44. The molecular weight excluding hydrogens is 360 g/mol. The van der Waals surface area contributed by atoms with E-state index in [9.17, 15) is 4.79 Å². The topological polar surface area (TPSA) is 52.2 Å². The maximum absolute atomic E-state index is 13.3. The van der Waals surface area contributed by atoms with Gasteiger partial charge in [0.2, 0.25) is 5.91 Å². The third-order valence-corrected chi connectivity index (χ3v) is 7.14. The molecule has 5 heteroatoms. The van der Waals surface area contributed by atoms with Gasteiger partial charge < -0.3 is 9.88 Å². The van der Waals surface area contributed by atoms with Crippen LogP contribution >= 0.6 is 0 Å². The van der Waals surface area contributed by atoms with Gasteiger partial charge in [0.1, 0.15) is 0 Å². The van der Waals surface area contributed by atoms with Crippen LogP contribution in [0.3, 0.4) is 0 Å². The minimum Gasteiger partial charge on any atom is -0.348 e. The Balaban J connectivity index is 1.30. The van der Waals surface area contributed by atoms with E-state index in [2.05, 4.69) is 51.2 Å². The lowest BCUT2D eigenvalue weighted by Gasteiger charge is -2.51. The summed E-state index contributed by atoms with van der Waals surface area (Å²) >= 11 is 0. The Labute approximate surface area is 172 Å². The molecule has 5 nitrogen and oxygen atoms in total. The zero-order valence-corrected chi connectivity index (χ0v) is 17.0. The standard InChI is InChI=1S/C24H30N4O/c29-23(20-9-4-10-20)28-15-11-21-22(26-18-25-21)24(28)12-16-27(17-13-24)14-5-8-19-6-2-1-3-7-19/h1-3,5-8,18,20H,4,9-17H2,(H,25,26)/b8-5+. The van der Waals surface area contributed by atoms with E-state index < -0.39 is 0 Å². The summed E-state index contributed by atoms with van der Waals surface area (Å²) in [4.78, 5) is 26.0. The van der Waals surface area contributed by atoms with Crippen LogP contribution in [-0.4, -0.2) is 51.9 Å². The lowest BCUT2D eigenvalue weighted by Crippen LogP contribution is -2.59. The second kappa shape index (κ2) is 7.79. The van der Waals surface area contributed by atoms with Gasteiger partial charge in [-0.05, 0) is 31.2 Å². The van der Waals surface area contributed by atoms with Crippen molar-refractivity contribution in [2.45, 2.75) is 44.1 Å². The van der Waals surface area contributed by atoms with Gasteiger partial charge in [0.05, 0.1) is 17.6 Å². The number of rotatable bonds is 4. The third kappa shape index (κ3) is 3.42. The number of fused-ring (bicyclic) bond motifs is 2. The van der Waals surface area contributed by atoms with Crippen molar-refractivity contribution in [2.24, 2.45) is 5.92 Å². The van der Waals surface area contributed by atoms with E-state index in [4.69, 9.17) is 4.98 Å². The Kier molecular flexibility index (Phi) is 5.00. The lowest BCUT2D eigenvalue weighted by molar-refractivity contribution is -0.149. The normalized spacial score (nSPS) is 22.0. The van der Waals surface area contributed by atoms with Crippen molar-refractivity contribution >= 4 is 12.0 Å². The number of carbonyl (C=O) groups is 1. The van der Waals surface area contributed by atoms with Gasteiger partial charge >= 0.3 is 0 Å². The molecule has 1 aliphatic carbocycles. The molecule has 5 rings (SSSR count). The van der Waals surface area contributed by atoms with Crippen molar-refractivity contribution in [1.82, 2.24) is 19.8 Å². The monoisotopic (exact) mass is 390 g/mol. The van der Waals surface area contributed by atoms with Gasteiger partial charge in [0, 0.05) is 44.2 Å². The number of hydrogen-bond acceptors (Lipinski definition) is 3. The molecule has 1 spiro atoms. The van der Waals surface area contributed by atoms with Gasteiger partial charge in [-0.15, -0.1) is 0 Å². The summed E-state index contributed by atoms with van der Waals surface area (Å²) in [5, 5.41) is 0. The van der Waals surface area contributed by atoms with Crippen molar-refractivity contribution < 1.29 is 4.79 Å². The van der Waals surface area contributed by atoms with Crippen LogP contribution in [0.15, 0.2) is 42.7 Å². The first-order chi connectivity index (χ1) is 14.3. The third-order valence-electron chi connectivity index (χ3n) is 7.14. The number of hydrogen-bond donors (Lipinski definition) is 1. The number of benzene rings is 1. The van der Waals surface area contributed by atoms with Crippen LogP contribution in [-0.2, 0) is 16.8 Å². The summed E-state index contributed by atoms with van der Waals surface area (Å²) in [6.07, 6.45) is 12.5. The quantitative estimate of drug-likeness (QED) is 0.868. The maximum Gasteiger partial charge on any atom is 0.226 e. The summed E-state index contributed by atoms with van der Waals surface area (Å²) < 4.78 is 0. The van der Waals surface area contributed by atoms with E-state index in [1.165, 1.54) is 17.7 Å². The van der Waals surface area contributed by atoms with Gasteiger partial charge in [0.25, 0.3) is 0 Å². The molecule has 0 atom stereocenters. The molecule has 29 heavy (non-hydrogen) atoms. The molecule has 1 aromatic heterocycles. The average molecular weight is 391 g/mol. The number of H-pyrrole nitrogens is 1. The molecule has 2 aromatic rings. The molecule has 1 saturated carbocycles. The highest BCUT2D eigenvalue weighted by molar-refractivity contribution is 5.81. The van der Waals surface area contributed by atoms with E-state index in [1.807, 2.05) is 12.4 Å². The molecule has 1 N–H and O–H groups in total. The summed E-state index contributed by atoms with van der Waals surface area (Å²) in [5.74, 6) is 0.626. The first-order valence-electron chi connectivity index (χ1n) is 11.0. The first-order valence-corrected chi connectivity index (χ1v) is 11.0. The van der Waals surface area contributed by atoms with Crippen LogP contribution in [0.4, 0.5) is 0 Å². The summed E-state index contributed by atoms with van der Waals surface area (Å²) in [6, 6.07) is 10.5. The number of nitrogens with one attached hydrogen (secondary N) is 1. The number of piperidine rings is 1. The summed E-state index contributed by atoms with van der Waals surface area (Å²) in [5.41, 5.74) is 3.41. The Bertz CT molecular complexity index is 875. The largest absolute Gasteiger partial charge is 0.348 e. The number of likely N-dealkylation sites (tertiary alicyclic amines) is 1. The zero-order valence-electron chi connectivity index (χ0n) is 17.0. The van der Waals surface area contributed by atoms with Crippen molar-refractivity contribution in [3.63, 3.8) is 0 Å². The Morgan fingerprint density at radius 1 is 1.17 bits per heavy atom. The average Bonchev–Trinajstić information content (AvgIpc) is 3.19. The van der Waals surface area contributed by atoms with Crippen molar-refractivity contribution in [3.8, 4) is 0 Å². The minimum absolute atomic E-state index is 0.208. The van der Waals surface area contributed by atoms with Gasteiger partial charge in [-0.1, -0.05) is 48.9 Å². The number of carbonyl (C=O) groups excluding carboxylic acids is 1. The molecular formula is C24H30N4O. The van der Waals surface area contributed by atoms with E-state index in [1.54, 1.807) is 0 Å². The van der Waals surface area contributed by atoms with E-state index in [-0.39, 0.29) is 11.5 Å². The van der Waals surface area contributed by atoms with Crippen LogP contribution < -0.4 is 0 Å². The second-order valence-corrected chi connectivity index (χ2v) is 8.74. The number of aromatic nitrogens is 2. The Hall–Kier alpha value is -2.40. The molecule has 152 valence electrons.